The van der Waals surface area contributed by atoms with Crippen molar-refractivity contribution in [3.63, 3.8) is 0 Å². The van der Waals surface area contributed by atoms with E-state index < -0.39 is 0 Å². The Hall–Kier alpha value is -1.44. The van der Waals surface area contributed by atoms with Crippen LogP contribution in [0.15, 0.2) is 12.4 Å². The number of amides is 1. The number of piperidine rings is 1. The van der Waals surface area contributed by atoms with Crippen molar-refractivity contribution in [3.05, 3.63) is 18.0 Å². The van der Waals surface area contributed by atoms with Crippen LogP contribution in [0.4, 0.5) is 0 Å². The molecule has 0 aliphatic carbocycles. The van der Waals surface area contributed by atoms with Crippen molar-refractivity contribution in [3.8, 4) is 0 Å². The third-order valence-electron chi connectivity index (χ3n) is 5.69. The van der Waals surface area contributed by atoms with Gasteiger partial charge in [0.2, 0.25) is 5.91 Å². The Balaban J connectivity index is 1.59. The van der Waals surface area contributed by atoms with Gasteiger partial charge in [0.25, 0.3) is 0 Å². The van der Waals surface area contributed by atoms with Gasteiger partial charge in [0.1, 0.15) is 6.61 Å². The maximum atomic E-state index is 12.3. The third kappa shape index (κ3) is 4.04. The largest absolute Gasteiger partial charge is 0.363 e. The van der Waals surface area contributed by atoms with Crippen LogP contribution in [0.5, 0.6) is 0 Å². The van der Waals surface area contributed by atoms with Gasteiger partial charge in [-0.2, -0.15) is 5.10 Å². The standard InChI is InChI=1S/C18H31N5O2/c1-15-18(25-14-17(24)23(15)10-9-20(2)3)5-7-22(8-6-18)13-16-11-19-21(4)12-16/h11-12,15H,5-10,13-14H2,1-4H3. The average Bonchev–Trinajstić information content (AvgIpc) is 2.98. The number of aromatic nitrogens is 2. The molecule has 2 saturated heterocycles. The van der Waals surface area contributed by atoms with Crippen LogP contribution in [-0.4, -0.2) is 88.9 Å². The summed E-state index contributed by atoms with van der Waals surface area (Å²) in [6, 6.07) is 0.134. The second-order valence-electron chi connectivity index (χ2n) is 7.72. The van der Waals surface area contributed by atoms with Crippen molar-refractivity contribution in [1.29, 1.82) is 0 Å². The zero-order valence-corrected chi connectivity index (χ0v) is 15.9. The molecule has 0 aromatic carbocycles. The quantitative estimate of drug-likeness (QED) is 0.778. The molecule has 0 N–H and O–H groups in total. The second-order valence-corrected chi connectivity index (χ2v) is 7.72. The van der Waals surface area contributed by atoms with Gasteiger partial charge in [-0.05, 0) is 33.9 Å². The van der Waals surface area contributed by atoms with E-state index in [1.165, 1.54) is 5.56 Å². The van der Waals surface area contributed by atoms with Crippen LogP contribution in [-0.2, 0) is 23.1 Å². The zero-order valence-electron chi connectivity index (χ0n) is 15.9. The van der Waals surface area contributed by atoms with Crippen molar-refractivity contribution in [2.75, 3.05) is 46.9 Å². The molecule has 1 amide bonds. The van der Waals surface area contributed by atoms with E-state index in [1.807, 2.05) is 36.9 Å². The highest BCUT2D eigenvalue weighted by Gasteiger charge is 2.47. The number of hydrogen-bond donors (Lipinski definition) is 0. The Bertz CT molecular complexity index is 592. The van der Waals surface area contributed by atoms with Gasteiger partial charge in [0.15, 0.2) is 0 Å². The van der Waals surface area contributed by atoms with E-state index in [9.17, 15) is 4.79 Å². The minimum atomic E-state index is -0.189. The molecule has 140 valence electrons. The van der Waals surface area contributed by atoms with Gasteiger partial charge in [-0.3, -0.25) is 14.4 Å². The molecule has 0 saturated carbocycles. The minimum Gasteiger partial charge on any atom is -0.363 e. The van der Waals surface area contributed by atoms with E-state index in [4.69, 9.17) is 4.74 Å². The lowest BCUT2D eigenvalue weighted by Crippen LogP contribution is -2.64. The van der Waals surface area contributed by atoms with Crippen molar-refractivity contribution in [2.24, 2.45) is 7.05 Å². The van der Waals surface area contributed by atoms with Crippen LogP contribution in [0.3, 0.4) is 0 Å². The van der Waals surface area contributed by atoms with Crippen LogP contribution in [0, 0.1) is 0 Å². The van der Waals surface area contributed by atoms with Gasteiger partial charge in [0.05, 0.1) is 17.8 Å². The fraction of sp³-hybridized carbons (Fsp3) is 0.778. The predicted molar refractivity (Wildman–Crippen MR) is 96.1 cm³/mol. The summed E-state index contributed by atoms with van der Waals surface area (Å²) in [5, 5.41) is 4.25. The molecule has 7 nitrogen and oxygen atoms in total. The summed E-state index contributed by atoms with van der Waals surface area (Å²) in [7, 11) is 6.04. The smallest absolute Gasteiger partial charge is 0.248 e. The Morgan fingerprint density at radius 3 is 2.68 bits per heavy atom. The van der Waals surface area contributed by atoms with Crippen LogP contribution in [0.25, 0.3) is 0 Å². The number of hydrogen-bond acceptors (Lipinski definition) is 5. The Morgan fingerprint density at radius 1 is 1.36 bits per heavy atom. The van der Waals surface area contributed by atoms with Gasteiger partial charge in [-0.25, -0.2) is 0 Å². The highest BCUT2D eigenvalue weighted by Crippen LogP contribution is 2.35. The summed E-state index contributed by atoms with van der Waals surface area (Å²) in [6.45, 7) is 6.96. The monoisotopic (exact) mass is 349 g/mol. The number of likely N-dealkylation sites (N-methyl/N-ethyl adjacent to an activating group) is 1. The van der Waals surface area contributed by atoms with Crippen LogP contribution in [0.2, 0.25) is 0 Å². The molecule has 1 atom stereocenters. The van der Waals surface area contributed by atoms with Crippen molar-refractivity contribution in [2.45, 2.75) is 38.0 Å². The number of carbonyl (C=O) groups is 1. The highest BCUT2D eigenvalue weighted by molar-refractivity contribution is 5.78. The summed E-state index contributed by atoms with van der Waals surface area (Å²) < 4.78 is 7.97. The molecular formula is C18H31N5O2. The van der Waals surface area contributed by atoms with E-state index in [-0.39, 0.29) is 24.2 Å². The third-order valence-corrected chi connectivity index (χ3v) is 5.69. The van der Waals surface area contributed by atoms with Crippen molar-refractivity contribution in [1.82, 2.24) is 24.5 Å². The molecule has 1 spiro atoms. The number of rotatable bonds is 5. The number of aryl methyl sites for hydroxylation is 1. The van der Waals surface area contributed by atoms with Crippen LogP contribution in [0.1, 0.15) is 25.3 Å². The first-order valence-electron chi connectivity index (χ1n) is 9.18. The molecule has 2 aliphatic rings. The summed E-state index contributed by atoms with van der Waals surface area (Å²) >= 11 is 0. The molecule has 7 heteroatoms. The van der Waals surface area contributed by atoms with Gasteiger partial charge < -0.3 is 14.5 Å². The fourth-order valence-electron chi connectivity index (χ4n) is 4.00. The molecule has 3 heterocycles. The number of nitrogens with zero attached hydrogens (tertiary/aromatic N) is 5. The first-order chi connectivity index (χ1) is 11.9. The number of morpholine rings is 1. The molecular weight excluding hydrogens is 318 g/mol. The lowest BCUT2D eigenvalue weighted by molar-refractivity contribution is -0.187. The number of ether oxygens (including phenoxy) is 1. The van der Waals surface area contributed by atoms with E-state index in [2.05, 4.69) is 28.0 Å². The lowest BCUT2D eigenvalue weighted by Gasteiger charge is -2.51. The minimum absolute atomic E-state index is 0.123. The average molecular weight is 349 g/mol. The van der Waals surface area contributed by atoms with Crippen molar-refractivity contribution < 1.29 is 9.53 Å². The molecule has 0 bridgehead atoms. The van der Waals surface area contributed by atoms with E-state index in [0.717, 1.165) is 45.6 Å². The second kappa shape index (κ2) is 7.43. The SMILES string of the molecule is CC1N(CCN(C)C)C(=O)COC12CCN(Cc1cnn(C)c1)CC2. The van der Waals surface area contributed by atoms with E-state index in [1.54, 1.807) is 0 Å². The molecule has 1 aromatic heterocycles. The van der Waals surface area contributed by atoms with Crippen LogP contribution < -0.4 is 0 Å². The van der Waals surface area contributed by atoms with Gasteiger partial charge in [-0.1, -0.05) is 0 Å². The first kappa shape index (κ1) is 18.4. The summed E-state index contributed by atoms with van der Waals surface area (Å²) in [4.78, 5) is 18.9. The maximum Gasteiger partial charge on any atom is 0.248 e. The maximum absolute atomic E-state index is 12.3. The Kier molecular flexibility index (Phi) is 5.46. The van der Waals surface area contributed by atoms with Crippen LogP contribution >= 0.6 is 0 Å². The number of carbonyl (C=O) groups excluding carboxylic acids is 1. The summed E-state index contributed by atoms with van der Waals surface area (Å²) in [6.07, 6.45) is 5.96. The highest BCUT2D eigenvalue weighted by atomic mass is 16.5. The molecule has 1 unspecified atom stereocenters. The normalized spacial score (nSPS) is 24.4. The van der Waals surface area contributed by atoms with Gasteiger partial charge in [0, 0.05) is 51.5 Å². The number of likely N-dealkylation sites (tertiary alicyclic amines) is 1. The molecule has 25 heavy (non-hydrogen) atoms. The summed E-state index contributed by atoms with van der Waals surface area (Å²) in [5.74, 6) is 0.123. The zero-order chi connectivity index (χ0) is 18.0. The molecule has 2 aliphatic heterocycles. The first-order valence-corrected chi connectivity index (χ1v) is 9.18. The topological polar surface area (TPSA) is 53.8 Å². The van der Waals surface area contributed by atoms with E-state index in [0.29, 0.717) is 0 Å². The van der Waals surface area contributed by atoms with E-state index >= 15 is 0 Å². The fourth-order valence-corrected chi connectivity index (χ4v) is 4.00. The molecule has 0 radical (unpaired) electrons. The van der Waals surface area contributed by atoms with Gasteiger partial charge >= 0.3 is 0 Å². The molecule has 1 aromatic rings. The molecule has 3 rings (SSSR count). The Labute approximate surface area is 150 Å². The summed E-state index contributed by atoms with van der Waals surface area (Å²) in [5.41, 5.74) is 1.06. The Morgan fingerprint density at radius 2 is 2.08 bits per heavy atom. The molecule has 2 fully saturated rings. The van der Waals surface area contributed by atoms with Gasteiger partial charge in [-0.15, -0.1) is 0 Å². The predicted octanol–water partition coefficient (Wildman–Crippen LogP) is 0.564. The van der Waals surface area contributed by atoms with Crippen molar-refractivity contribution >= 4 is 5.91 Å². The lowest BCUT2D eigenvalue weighted by atomic mass is 9.82.